The van der Waals surface area contributed by atoms with Gasteiger partial charge in [-0.2, -0.15) is 0 Å². The molecule has 0 radical (unpaired) electrons. The average molecular weight is 285 g/mol. The van der Waals surface area contributed by atoms with Gasteiger partial charge in [-0.1, -0.05) is 35.0 Å². The standard InChI is InChI=1S/C11H17BrN4/c1-2-7-14-11(16-13)15-8-9-3-5-10(12)6-4-9/h3-6H,2,7-8,13H2,1H3,(H2,14,15,16). The molecule has 0 fully saturated rings. The quantitative estimate of drug-likeness (QED) is 0.342. The van der Waals surface area contributed by atoms with Crippen molar-refractivity contribution in [2.75, 3.05) is 6.54 Å². The molecule has 16 heavy (non-hydrogen) atoms. The van der Waals surface area contributed by atoms with Crippen molar-refractivity contribution in [3.8, 4) is 0 Å². The normalized spacial score (nSPS) is 11.3. The molecule has 0 saturated carbocycles. The number of nitrogens with two attached hydrogens (primary N) is 1. The van der Waals surface area contributed by atoms with Crippen LogP contribution in [-0.2, 0) is 6.54 Å². The molecule has 0 atom stereocenters. The zero-order chi connectivity index (χ0) is 11.8. The molecule has 0 aliphatic heterocycles. The third kappa shape index (κ3) is 4.63. The largest absolute Gasteiger partial charge is 0.355 e. The average Bonchev–Trinajstić information content (AvgIpc) is 2.32. The van der Waals surface area contributed by atoms with E-state index < -0.39 is 0 Å². The van der Waals surface area contributed by atoms with Gasteiger partial charge in [-0.05, 0) is 24.1 Å². The van der Waals surface area contributed by atoms with Crippen LogP contribution < -0.4 is 16.6 Å². The Balaban J connectivity index is 2.52. The van der Waals surface area contributed by atoms with Crippen molar-refractivity contribution >= 4 is 21.9 Å². The first-order valence-corrected chi connectivity index (χ1v) is 6.05. The first-order valence-electron chi connectivity index (χ1n) is 5.25. The van der Waals surface area contributed by atoms with E-state index in [1.54, 1.807) is 0 Å². The van der Waals surface area contributed by atoms with Gasteiger partial charge in [0.1, 0.15) is 0 Å². The van der Waals surface area contributed by atoms with Gasteiger partial charge >= 0.3 is 0 Å². The fourth-order valence-electron chi connectivity index (χ4n) is 1.16. The summed E-state index contributed by atoms with van der Waals surface area (Å²) >= 11 is 3.39. The van der Waals surface area contributed by atoms with Gasteiger partial charge in [0.25, 0.3) is 0 Å². The van der Waals surface area contributed by atoms with Gasteiger partial charge in [-0.3, -0.25) is 5.43 Å². The molecule has 1 aromatic rings. The van der Waals surface area contributed by atoms with Gasteiger partial charge in [-0.25, -0.2) is 10.8 Å². The van der Waals surface area contributed by atoms with Crippen LogP contribution in [0.5, 0.6) is 0 Å². The fraction of sp³-hybridized carbons (Fsp3) is 0.364. The van der Waals surface area contributed by atoms with Gasteiger partial charge in [0, 0.05) is 11.0 Å². The number of rotatable bonds is 4. The van der Waals surface area contributed by atoms with Crippen molar-refractivity contribution in [1.82, 2.24) is 10.7 Å². The molecular weight excluding hydrogens is 268 g/mol. The molecule has 0 amide bonds. The van der Waals surface area contributed by atoms with E-state index in [1.165, 1.54) is 0 Å². The van der Waals surface area contributed by atoms with Crippen LogP contribution in [0.1, 0.15) is 18.9 Å². The van der Waals surface area contributed by atoms with E-state index >= 15 is 0 Å². The zero-order valence-corrected chi connectivity index (χ0v) is 10.9. The third-order valence-corrected chi connectivity index (χ3v) is 2.54. The van der Waals surface area contributed by atoms with Crippen molar-refractivity contribution in [2.24, 2.45) is 10.8 Å². The second kappa shape index (κ2) is 7.24. The number of guanidine groups is 1. The Hall–Kier alpha value is -1.07. The second-order valence-corrected chi connectivity index (χ2v) is 4.28. The van der Waals surface area contributed by atoms with Crippen molar-refractivity contribution < 1.29 is 0 Å². The minimum atomic E-state index is 0.615. The second-order valence-electron chi connectivity index (χ2n) is 3.36. The molecule has 5 heteroatoms. The summed E-state index contributed by atoms with van der Waals surface area (Å²) in [7, 11) is 0. The van der Waals surface area contributed by atoms with Crippen LogP contribution in [0.15, 0.2) is 33.7 Å². The summed E-state index contributed by atoms with van der Waals surface area (Å²) in [6, 6.07) is 8.06. The molecule has 0 spiro atoms. The van der Waals surface area contributed by atoms with Crippen LogP contribution in [0, 0.1) is 0 Å². The summed E-state index contributed by atoms with van der Waals surface area (Å²) in [5.41, 5.74) is 3.70. The first kappa shape index (κ1) is 13.0. The van der Waals surface area contributed by atoms with E-state index in [0.717, 1.165) is 23.0 Å². The Bertz CT molecular complexity index is 334. The number of aliphatic imine (C=N–C) groups is 1. The lowest BCUT2D eigenvalue weighted by atomic mass is 10.2. The summed E-state index contributed by atoms with van der Waals surface area (Å²) < 4.78 is 1.07. The van der Waals surface area contributed by atoms with E-state index in [1.807, 2.05) is 24.3 Å². The molecule has 4 nitrogen and oxygen atoms in total. The lowest BCUT2D eigenvalue weighted by molar-refractivity contribution is 0.790. The summed E-state index contributed by atoms with van der Waals surface area (Å²) in [5.74, 6) is 5.98. The highest BCUT2D eigenvalue weighted by atomic mass is 79.9. The van der Waals surface area contributed by atoms with Crippen molar-refractivity contribution in [3.63, 3.8) is 0 Å². The summed E-state index contributed by atoms with van der Waals surface area (Å²) in [6.07, 6.45) is 1.04. The van der Waals surface area contributed by atoms with Crippen LogP contribution in [0.4, 0.5) is 0 Å². The SMILES string of the molecule is CCCNC(=NCc1ccc(Br)cc1)NN. The summed E-state index contributed by atoms with van der Waals surface area (Å²) in [6.45, 7) is 3.57. The zero-order valence-electron chi connectivity index (χ0n) is 9.33. The van der Waals surface area contributed by atoms with Crippen LogP contribution in [0.3, 0.4) is 0 Å². The summed E-state index contributed by atoms with van der Waals surface area (Å²) in [4.78, 5) is 4.33. The predicted molar refractivity (Wildman–Crippen MR) is 70.9 cm³/mol. The number of halogens is 1. The fourth-order valence-corrected chi connectivity index (χ4v) is 1.42. The molecule has 1 rings (SSSR count). The molecule has 0 aliphatic carbocycles. The maximum absolute atomic E-state index is 5.35. The topological polar surface area (TPSA) is 62.4 Å². The molecule has 1 aromatic carbocycles. The Morgan fingerprint density at radius 2 is 2.06 bits per heavy atom. The van der Waals surface area contributed by atoms with Crippen molar-refractivity contribution in [1.29, 1.82) is 0 Å². The van der Waals surface area contributed by atoms with Crippen molar-refractivity contribution in [3.05, 3.63) is 34.3 Å². The maximum atomic E-state index is 5.35. The Morgan fingerprint density at radius 1 is 1.38 bits per heavy atom. The van der Waals surface area contributed by atoms with Crippen LogP contribution >= 0.6 is 15.9 Å². The molecule has 4 N–H and O–H groups in total. The van der Waals surface area contributed by atoms with Crippen LogP contribution in [0.2, 0.25) is 0 Å². The van der Waals surface area contributed by atoms with E-state index in [0.29, 0.717) is 12.5 Å². The maximum Gasteiger partial charge on any atom is 0.206 e. The van der Waals surface area contributed by atoms with E-state index in [4.69, 9.17) is 5.84 Å². The molecule has 0 saturated heterocycles. The molecular formula is C11H17BrN4. The third-order valence-electron chi connectivity index (χ3n) is 2.01. The number of hydrazine groups is 1. The van der Waals surface area contributed by atoms with E-state index in [9.17, 15) is 0 Å². The smallest absolute Gasteiger partial charge is 0.206 e. The Morgan fingerprint density at radius 3 is 2.62 bits per heavy atom. The Kier molecular flexibility index (Phi) is 5.88. The first-order chi connectivity index (χ1) is 7.76. The van der Waals surface area contributed by atoms with Gasteiger partial charge in [0.05, 0.1) is 6.54 Å². The van der Waals surface area contributed by atoms with Crippen LogP contribution in [0.25, 0.3) is 0 Å². The van der Waals surface area contributed by atoms with Gasteiger partial charge in [-0.15, -0.1) is 0 Å². The summed E-state index contributed by atoms with van der Waals surface area (Å²) in [5, 5.41) is 3.11. The minimum Gasteiger partial charge on any atom is -0.355 e. The molecule has 0 bridgehead atoms. The predicted octanol–water partition coefficient (Wildman–Crippen LogP) is 1.77. The van der Waals surface area contributed by atoms with Crippen LogP contribution in [-0.4, -0.2) is 12.5 Å². The lowest BCUT2D eigenvalue weighted by Gasteiger charge is -2.07. The van der Waals surface area contributed by atoms with Crippen molar-refractivity contribution in [2.45, 2.75) is 19.9 Å². The molecule has 88 valence electrons. The molecule has 0 heterocycles. The molecule has 0 aromatic heterocycles. The van der Waals surface area contributed by atoms with Gasteiger partial charge < -0.3 is 5.32 Å². The highest BCUT2D eigenvalue weighted by Crippen LogP contribution is 2.10. The van der Waals surface area contributed by atoms with E-state index in [2.05, 4.69) is 38.6 Å². The molecule has 0 aliphatic rings. The molecule has 0 unspecified atom stereocenters. The minimum absolute atomic E-state index is 0.615. The number of benzene rings is 1. The number of nitrogens with zero attached hydrogens (tertiary/aromatic N) is 1. The Labute approximate surface area is 104 Å². The number of hydrogen-bond donors (Lipinski definition) is 3. The van der Waals surface area contributed by atoms with Gasteiger partial charge in [0.2, 0.25) is 5.96 Å². The number of nitrogens with one attached hydrogen (secondary N) is 2. The lowest BCUT2D eigenvalue weighted by Crippen LogP contribution is -2.41. The monoisotopic (exact) mass is 284 g/mol. The number of hydrogen-bond acceptors (Lipinski definition) is 2. The highest BCUT2D eigenvalue weighted by Gasteiger charge is 1.95. The van der Waals surface area contributed by atoms with E-state index in [-0.39, 0.29) is 0 Å². The highest BCUT2D eigenvalue weighted by molar-refractivity contribution is 9.10. The van der Waals surface area contributed by atoms with Gasteiger partial charge in [0.15, 0.2) is 0 Å².